The number of rotatable bonds is 5. The number of carbonyl (C=O) groups excluding carboxylic acids is 1. The van der Waals surface area contributed by atoms with E-state index in [0.717, 1.165) is 62.3 Å². The monoisotopic (exact) mass is 447 g/mol. The van der Waals surface area contributed by atoms with Gasteiger partial charge in [-0.25, -0.2) is 9.47 Å². The number of fused-ring (bicyclic) bond motifs is 1. The molecule has 7 nitrogen and oxygen atoms in total. The van der Waals surface area contributed by atoms with Crippen molar-refractivity contribution in [1.82, 2.24) is 14.6 Å². The molecule has 1 fully saturated rings. The Morgan fingerprint density at radius 2 is 2.00 bits per heavy atom. The van der Waals surface area contributed by atoms with Crippen molar-refractivity contribution >= 4 is 35.0 Å². The lowest BCUT2D eigenvalue weighted by Gasteiger charge is -2.35. The molecular formula is C21H26ClN5O2S. The van der Waals surface area contributed by atoms with Gasteiger partial charge in [0.1, 0.15) is 5.03 Å². The van der Waals surface area contributed by atoms with Gasteiger partial charge in [-0.15, -0.1) is 0 Å². The number of amides is 1. The van der Waals surface area contributed by atoms with Crippen molar-refractivity contribution < 1.29 is 4.79 Å². The van der Waals surface area contributed by atoms with Crippen molar-refractivity contribution in [3.05, 3.63) is 50.5 Å². The molecule has 9 heteroatoms. The van der Waals surface area contributed by atoms with Crippen LogP contribution in [0.5, 0.6) is 0 Å². The largest absolute Gasteiger partial charge is 0.367 e. The summed E-state index contributed by atoms with van der Waals surface area (Å²) in [5.41, 5.74) is 3.48. The summed E-state index contributed by atoms with van der Waals surface area (Å²) in [6.07, 6.45) is 2.78. The molecule has 1 aromatic heterocycles. The predicted octanol–water partition coefficient (Wildman–Crippen LogP) is 2.31. The number of aromatic nitrogens is 2. The van der Waals surface area contributed by atoms with Crippen molar-refractivity contribution in [3.8, 4) is 0 Å². The molecule has 2 heterocycles. The first-order valence-corrected chi connectivity index (χ1v) is 11.6. The highest BCUT2D eigenvalue weighted by atomic mass is 35.5. The molecule has 1 aromatic carbocycles. The van der Waals surface area contributed by atoms with Gasteiger partial charge in [-0.05, 0) is 50.9 Å². The van der Waals surface area contributed by atoms with Crippen LogP contribution in [0.15, 0.2) is 28.0 Å². The van der Waals surface area contributed by atoms with E-state index in [2.05, 4.69) is 27.3 Å². The summed E-state index contributed by atoms with van der Waals surface area (Å²) in [4.78, 5) is 32.0. The van der Waals surface area contributed by atoms with Gasteiger partial charge in [0.2, 0.25) is 5.91 Å². The number of nitrogens with one attached hydrogen (secondary N) is 1. The fourth-order valence-electron chi connectivity index (χ4n) is 3.98. The number of thioether (sulfide) groups is 1. The second-order valence-electron chi connectivity index (χ2n) is 7.80. The normalized spacial score (nSPS) is 16.6. The van der Waals surface area contributed by atoms with Crippen molar-refractivity contribution in [2.75, 3.05) is 49.3 Å². The van der Waals surface area contributed by atoms with Crippen LogP contribution in [-0.2, 0) is 17.6 Å². The van der Waals surface area contributed by atoms with E-state index in [0.29, 0.717) is 15.7 Å². The van der Waals surface area contributed by atoms with Crippen LogP contribution in [0.2, 0.25) is 5.02 Å². The van der Waals surface area contributed by atoms with Gasteiger partial charge >= 0.3 is 5.69 Å². The molecule has 1 amide bonds. The van der Waals surface area contributed by atoms with Crippen LogP contribution < -0.4 is 16.0 Å². The standard InChI is InChI=1S/C21H26ClN5O2S/c1-14-16(22)6-4-7-17(14)23-19(28)13-30-20-15-5-3-8-18(15)27(21(29)24-20)26-11-9-25(2)10-12-26/h4,6-7H,3,5,8-13H2,1-2H3,(H,23,28). The third-order valence-electron chi connectivity index (χ3n) is 5.73. The lowest BCUT2D eigenvalue weighted by atomic mass is 10.2. The number of nitrogens with zero attached hydrogens (tertiary/aromatic N) is 4. The first-order valence-electron chi connectivity index (χ1n) is 10.2. The summed E-state index contributed by atoms with van der Waals surface area (Å²) in [6, 6.07) is 5.44. The van der Waals surface area contributed by atoms with Crippen LogP contribution in [0.1, 0.15) is 23.2 Å². The van der Waals surface area contributed by atoms with Crippen LogP contribution in [-0.4, -0.2) is 59.4 Å². The molecule has 1 aliphatic carbocycles. The zero-order valence-electron chi connectivity index (χ0n) is 17.3. The predicted molar refractivity (Wildman–Crippen MR) is 122 cm³/mol. The lowest BCUT2D eigenvalue weighted by Crippen LogP contribution is -2.54. The zero-order chi connectivity index (χ0) is 21.3. The van der Waals surface area contributed by atoms with Gasteiger partial charge in [-0.2, -0.15) is 4.98 Å². The minimum absolute atomic E-state index is 0.137. The summed E-state index contributed by atoms with van der Waals surface area (Å²) >= 11 is 7.47. The van der Waals surface area contributed by atoms with Crippen LogP contribution in [0, 0.1) is 6.92 Å². The third-order valence-corrected chi connectivity index (χ3v) is 7.15. The fourth-order valence-corrected chi connectivity index (χ4v) is 5.03. The van der Waals surface area contributed by atoms with Gasteiger partial charge in [-0.1, -0.05) is 29.4 Å². The number of piperazine rings is 1. The first kappa shape index (κ1) is 21.2. The molecule has 1 aliphatic heterocycles. The lowest BCUT2D eigenvalue weighted by molar-refractivity contribution is -0.113. The Morgan fingerprint density at radius 1 is 1.23 bits per heavy atom. The molecular weight excluding hydrogens is 422 g/mol. The molecule has 2 aliphatic rings. The number of benzene rings is 1. The number of carbonyl (C=O) groups is 1. The van der Waals surface area contributed by atoms with Crippen molar-refractivity contribution in [2.45, 2.75) is 31.2 Å². The van der Waals surface area contributed by atoms with E-state index in [9.17, 15) is 9.59 Å². The number of anilines is 1. The highest BCUT2D eigenvalue weighted by Crippen LogP contribution is 2.30. The van der Waals surface area contributed by atoms with Gasteiger partial charge in [0.25, 0.3) is 0 Å². The Kier molecular flexibility index (Phi) is 6.36. The highest BCUT2D eigenvalue weighted by Gasteiger charge is 2.26. The smallest absolute Gasteiger partial charge is 0.325 e. The molecule has 4 rings (SSSR count). The number of halogens is 1. The van der Waals surface area contributed by atoms with Crippen LogP contribution in [0.25, 0.3) is 0 Å². The number of hydrogen-bond acceptors (Lipinski definition) is 6. The SMILES string of the molecule is Cc1c(Cl)cccc1NC(=O)CSc1nc(=O)n(N2CCN(C)CC2)c2c1CCC2. The second kappa shape index (κ2) is 8.99. The minimum atomic E-state index is -0.242. The Balaban J connectivity index is 1.49. The summed E-state index contributed by atoms with van der Waals surface area (Å²) in [5, 5.41) is 6.32. The maximum absolute atomic E-state index is 12.9. The molecule has 2 aromatic rings. The number of likely N-dealkylation sites (N-methyl/N-ethyl adjacent to an activating group) is 1. The van der Waals surface area contributed by atoms with E-state index in [1.165, 1.54) is 11.8 Å². The highest BCUT2D eigenvalue weighted by molar-refractivity contribution is 8.00. The van der Waals surface area contributed by atoms with Gasteiger partial charge in [0.05, 0.1) is 11.4 Å². The van der Waals surface area contributed by atoms with Crippen molar-refractivity contribution in [3.63, 3.8) is 0 Å². The van der Waals surface area contributed by atoms with Crippen molar-refractivity contribution in [2.24, 2.45) is 0 Å². The molecule has 0 saturated carbocycles. The topological polar surface area (TPSA) is 70.5 Å². The molecule has 30 heavy (non-hydrogen) atoms. The molecule has 0 radical (unpaired) electrons. The average Bonchev–Trinajstić information content (AvgIpc) is 3.20. The molecule has 0 bridgehead atoms. The zero-order valence-corrected chi connectivity index (χ0v) is 18.9. The minimum Gasteiger partial charge on any atom is -0.325 e. The summed E-state index contributed by atoms with van der Waals surface area (Å²) in [6.45, 7) is 5.37. The Bertz CT molecular complexity index is 1020. The molecule has 0 unspecified atom stereocenters. The number of hydrogen-bond donors (Lipinski definition) is 1. The van der Waals surface area contributed by atoms with E-state index in [4.69, 9.17) is 11.6 Å². The van der Waals surface area contributed by atoms with Crippen LogP contribution in [0.3, 0.4) is 0 Å². The Morgan fingerprint density at radius 3 is 2.77 bits per heavy atom. The molecule has 0 atom stereocenters. The molecule has 0 spiro atoms. The molecule has 1 saturated heterocycles. The quantitative estimate of drug-likeness (QED) is 0.560. The summed E-state index contributed by atoms with van der Waals surface area (Å²) in [5.74, 6) is 0.0609. The Labute approximate surface area is 185 Å². The van der Waals surface area contributed by atoms with Crippen molar-refractivity contribution in [1.29, 1.82) is 0 Å². The van der Waals surface area contributed by atoms with Crippen LogP contribution >= 0.6 is 23.4 Å². The van der Waals surface area contributed by atoms with Gasteiger partial charge in [0.15, 0.2) is 0 Å². The third kappa shape index (κ3) is 4.36. The van der Waals surface area contributed by atoms with Gasteiger partial charge in [0, 0.05) is 42.5 Å². The maximum Gasteiger partial charge on any atom is 0.367 e. The first-order chi connectivity index (χ1) is 14.4. The summed E-state index contributed by atoms with van der Waals surface area (Å²) < 4.78 is 1.79. The van der Waals surface area contributed by atoms with E-state index in [1.807, 2.05) is 19.1 Å². The van der Waals surface area contributed by atoms with E-state index < -0.39 is 0 Å². The van der Waals surface area contributed by atoms with Gasteiger partial charge < -0.3 is 15.2 Å². The fraction of sp³-hybridized carbons (Fsp3) is 0.476. The Hall–Kier alpha value is -2.03. The molecule has 1 N–H and O–H groups in total. The van der Waals surface area contributed by atoms with Crippen LogP contribution in [0.4, 0.5) is 5.69 Å². The average molecular weight is 448 g/mol. The van der Waals surface area contributed by atoms with E-state index >= 15 is 0 Å². The van der Waals surface area contributed by atoms with E-state index in [-0.39, 0.29) is 17.3 Å². The second-order valence-corrected chi connectivity index (χ2v) is 9.17. The van der Waals surface area contributed by atoms with E-state index in [1.54, 1.807) is 10.7 Å². The summed E-state index contributed by atoms with van der Waals surface area (Å²) in [7, 11) is 2.10. The molecule has 160 valence electrons. The van der Waals surface area contributed by atoms with Gasteiger partial charge in [-0.3, -0.25) is 4.79 Å². The maximum atomic E-state index is 12.9.